The van der Waals surface area contributed by atoms with E-state index in [0.717, 1.165) is 0 Å². The summed E-state index contributed by atoms with van der Waals surface area (Å²) >= 11 is 0. The van der Waals surface area contributed by atoms with Gasteiger partial charge in [-0.1, -0.05) is 6.58 Å². The third-order valence-electron chi connectivity index (χ3n) is 1.67. The summed E-state index contributed by atoms with van der Waals surface area (Å²) in [5, 5.41) is 0. The van der Waals surface area contributed by atoms with Gasteiger partial charge in [0.2, 0.25) is 0 Å². The fourth-order valence-corrected chi connectivity index (χ4v) is 7.00. The van der Waals surface area contributed by atoms with Crippen LogP contribution < -0.4 is 0 Å². The molecule has 0 unspecified atom stereocenters. The Bertz CT molecular complexity index is 288. The first-order valence-electron chi connectivity index (χ1n) is 6.09. The molecule has 0 saturated carbocycles. The minimum atomic E-state index is -1.70. The summed E-state index contributed by atoms with van der Waals surface area (Å²) in [6, 6.07) is 0. The van der Waals surface area contributed by atoms with E-state index in [1.807, 2.05) is 0 Å². The van der Waals surface area contributed by atoms with Crippen LogP contribution in [0.3, 0.4) is 0 Å². The molecular weight excluding hydrogens is 280 g/mol. The van der Waals surface area contributed by atoms with E-state index in [1.165, 1.54) is 0 Å². The van der Waals surface area contributed by atoms with Gasteiger partial charge in [-0.15, -0.1) is 0 Å². The van der Waals surface area contributed by atoms with Crippen LogP contribution in [-0.2, 0) is 18.1 Å². The molecule has 7 heteroatoms. The van der Waals surface area contributed by atoms with Gasteiger partial charge in [0.1, 0.15) is 0 Å². The van der Waals surface area contributed by atoms with Crippen molar-refractivity contribution in [1.29, 1.82) is 0 Å². The molecule has 0 atom stereocenters. The molecule has 0 aromatic rings. The summed E-state index contributed by atoms with van der Waals surface area (Å²) in [4.78, 5) is 11.4. The second-order valence-corrected chi connectivity index (χ2v) is 16.5. The van der Waals surface area contributed by atoms with E-state index < -0.39 is 26.4 Å². The number of carbonyl (C=O) groups excluding carboxylic acids is 1. The Morgan fingerprint density at radius 3 is 1.72 bits per heavy atom. The largest absolute Gasteiger partial charge is 0.516 e. The highest BCUT2D eigenvalue weighted by Crippen LogP contribution is 2.14. The Morgan fingerprint density at radius 1 is 1.06 bits per heavy atom. The number of carbonyl (C=O) groups is 1. The molecule has 0 radical (unpaired) electrons. The molecule has 0 aromatic carbocycles. The SMILES string of the molecule is C=C(C)C(=O)O[SiH2]C(O[Si](C)(C)C)O[Si](C)(C)C. The molecule has 0 bridgehead atoms. The fraction of sp³-hybridized carbons (Fsp3) is 0.727. The van der Waals surface area contributed by atoms with Crippen molar-refractivity contribution >= 4 is 32.4 Å². The molecule has 0 spiro atoms. The molecule has 0 amide bonds. The highest BCUT2D eigenvalue weighted by Gasteiger charge is 2.28. The smallest absolute Gasteiger partial charge is 0.319 e. The van der Waals surface area contributed by atoms with Crippen molar-refractivity contribution in [2.75, 3.05) is 0 Å². The second kappa shape index (κ2) is 6.81. The maximum absolute atomic E-state index is 11.4. The summed E-state index contributed by atoms with van der Waals surface area (Å²) in [5.41, 5.74) is 0.419. The third kappa shape index (κ3) is 9.77. The molecule has 0 aliphatic heterocycles. The van der Waals surface area contributed by atoms with Crippen LogP contribution in [0.25, 0.3) is 0 Å². The minimum absolute atomic E-state index is 0.327. The van der Waals surface area contributed by atoms with Gasteiger partial charge in [-0.05, 0) is 46.2 Å². The van der Waals surface area contributed by atoms with Crippen LogP contribution in [0.15, 0.2) is 12.2 Å². The lowest BCUT2D eigenvalue weighted by atomic mass is 10.4. The average Bonchev–Trinajstić information content (AvgIpc) is 2.08. The van der Waals surface area contributed by atoms with E-state index in [9.17, 15) is 4.79 Å². The van der Waals surface area contributed by atoms with Gasteiger partial charge in [-0.2, -0.15) is 0 Å². The first-order chi connectivity index (χ1) is 7.91. The fourth-order valence-electron chi connectivity index (χ4n) is 1.15. The molecular formula is C11H26O4Si3. The first kappa shape index (κ1) is 17.8. The van der Waals surface area contributed by atoms with Crippen LogP contribution in [0.4, 0.5) is 0 Å². The first-order valence-corrected chi connectivity index (χ1v) is 14.3. The molecule has 18 heavy (non-hydrogen) atoms. The van der Waals surface area contributed by atoms with Gasteiger partial charge in [0.05, 0.1) is 0 Å². The van der Waals surface area contributed by atoms with Gasteiger partial charge in [-0.25, -0.2) is 4.79 Å². The van der Waals surface area contributed by atoms with Crippen LogP contribution in [0, 0.1) is 0 Å². The molecule has 0 aliphatic rings. The predicted octanol–water partition coefficient (Wildman–Crippen LogP) is 2.18. The Kier molecular flexibility index (Phi) is 6.72. The molecule has 0 heterocycles. The van der Waals surface area contributed by atoms with E-state index in [2.05, 4.69) is 45.9 Å². The van der Waals surface area contributed by atoms with Gasteiger partial charge in [0, 0.05) is 5.57 Å². The lowest BCUT2D eigenvalue weighted by Crippen LogP contribution is -2.44. The summed E-state index contributed by atoms with van der Waals surface area (Å²) in [6.45, 7) is 17.8. The number of hydrogen-bond donors (Lipinski definition) is 0. The summed E-state index contributed by atoms with van der Waals surface area (Å²) in [7, 11) is -4.61. The van der Waals surface area contributed by atoms with Crippen LogP contribution in [0.5, 0.6) is 0 Å². The minimum Gasteiger partial charge on any atom is -0.516 e. The van der Waals surface area contributed by atoms with Crippen molar-refractivity contribution in [3.05, 3.63) is 12.2 Å². The quantitative estimate of drug-likeness (QED) is 0.411. The normalized spacial score (nSPS) is 13.3. The predicted molar refractivity (Wildman–Crippen MR) is 82.1 cm³/mol. The van der Waals surface area contributed by atoms with Crippen LogP contribution in [0.2, 0.25) is 39.3 Å². The highest BCUT2D eigenvalue weighted by molar-refractivity contribution is 6.71. The van der Waals surface area contributed by atoms with Gasteiger partial charge < -0.3 is 13.3 Å². The van der Waals surface area contributed by atoms with Gasteiger partial charge in [0.25, 0.3) is 9.76 Å². The molecule has 0 aromatic heterocycles. The molecule has 0 aliphatic carbocycles. The molecule has 0 fully saturated rings. The average molecular weight is 307 g/mol. The zero-order valence-corrected chi connectivity index (χ0v) is 16.0. The lowest BCUT2D eigenvalue weighted by molar-refractivity contribution is -0.131. The Morgan fingerprint density at radius 2 is 1.44 bits per heavy atom. The Labute approximate surface area is 115 Å². The molecule has 0 saturated heterocycles. The van der Waals surface area contributed by atoms with Crippen molar-refractivity contribution < 1.29 is 18.1 Å². The van der Waals surface area contributed by atoms with E-state index in [4.69, 9.17) is 13.3 Å². The molecule has 0 rings (SSSR count). The zero-order valence-electron chi connectivity index (χ0n) is 12.6. The standard InChI is InChI=1S/C11H26O4Si3/c1-9(2)10(12)13-16-11(14-17(3,4)5)15-18(6,7)8/h11H,1,16H2,2-8H3. The van der Waals surface area contributed by atoms with E-state index in [0.29, 0.717) is 5.57 Å². The number of rotatable bonds is 7. The van der Waals surface area contributed by atoms with Crippen molar-refractivity contribution in [3.63, 3.8) is 0 Å². The van der Waals surface area contributed by atoms with Gasteiger partial charge in [-0.3, -0.25) is 0 Å². The molecule has 0 N–H and O–H groups in total. The topological polar surface area (TPSA) is 44.8 Å². The maximum Gasteiger partial charge on any atom is 0.319 e. The summed E-state index contributed by atoms with van der Waals surface area (Å²) in [6.07, 6.45) is 0. The monoisotopic (exact) mass is 306 g/mol. The van der Waals surface area contributed by atoms with Crippen LogP contribution >= 0.6 is 0 Å². The molecule has 106 valence electrons. The van der Waals surface area contributed by atoms with Crippen molar-refractivity contribution in [3.8, 4) is 0 Å². The van der Waals surface area contributed by atoms with Crippen LogP contribution in [0.1, 0.15) is 6.92 Å². The van der Waals surface area contributed by atoms with Crippen molar-refractivity contribution in [1.82, 2.24) is 0 Å². The van der Waals surface area contributed by atoms with Crippen molar-refractivity contribution in [2.45, 2.75) is 52.1 Å². The maximum atomic E-state index is 11.4. The van der Waals surface area contributed by atoms with Gasteiger partial charge >= 0.3 is 5.97 Å². The Hall–Kier alpha value is -0.219. The zero-order chi connectivity index (χ0) is 14.6. The summed E-state index contributed by atoms with van der Waals surface area (Å²) in [5.74, 6) is -0.670. The number of hydrogen-bond acceptors (Lipinski definition) is 4. The Balaban J connectivity index is 4.48. The lowest BCUT2D eigenvalue weighted by Gasteiger charge is -2.30. The second-order valence-electron chi connectivity index (χ2n) is 6.27. The highest BCUT2D eigenvalue weighted by atomic mass is 28.4. The van der Waals surface area contributed by atoms with E-state index in [-0.39, 0.29) is 11.9 Å². The summed E-state index contributed by atoms with van der Waals surface area (Å²) < 4.78 is 17.2. The van der Waals surface area contributed by atoms with E-state index >= 15 is 0 Å². The van der Waals surface area contributed by atoms with Gasteiger partial charge in [0.15, 0.2) is 22.5 Å². The van der Waals surface area contributed by atoms with Crippen molar-refractivity contribution in [2.24, 2.45) is 0 Å². The molecule has 4 nitrogen and oxygen atoms in total. The van der Waals surface area contributed by atoms with E-state index in [1.54, 1.807) is 6.92 Å². The van der Waals surface area contributed by atoms with Crippen LogP contribution in [-0.4, -0.2) is 38.3 Å². The third-order valence-corrected chi connectivity index (χ3v) is 5.31.